The third-order valence-electron chi connectivity index (χ3n) is 2.74. The fourth-order valence-electron chi connectivity index (χ4n) is 1.44. The summed E-state index contributed by atoms with van der Waals surface area (Å²) in [5, 5.41) is 3.21. The number of nitrogens with zero attached hydrogens (tertiary/aromatic N) is 1. The fraction of sp³-hybridized carbons (Fsp3) is 0.600. The molecule has 1 aromatic rings. The SMILES string of the molecule is CCNC[C@H](C)Oc1ccc(OCC(=O)C(C)C)cn1. The van der Waals surface area contributed by atoms with Crippen molar-refractivity contribution < 1.29 is 14.3 Å². The van der Waals surface area contributed by atoms with Crippen molar-refractivity contribution in [2.24, 2.45) is 5.92 Å². The Morgan fingerprint density at radius 2 is 2.10 bits per heavy atom. The lowest BCUT2D eigenvalue weighted by Crippen LogP contribution is -2.28. The van der Waals surface area contributed by atoms with Crippen molar-refractivity contribution in [1.82, 2.24) is 10.3 Å². The first kappa shape index (κ1) is 16.4. The standard InChI is InChI=1S/C15H24N2O3/c1-5-16-8-12(4)20-15-7-6-13(9-17-15)19-10-14(18)11(2)3/h6-7,9,11-12,16H,5,8,10H2,1-4H3/t12-/m0/s1. The minimum atomic E-state index is -0.0162. The molecule has 0 aliphatic carbocycles. The molecule has 0 aromatic carbocycles. The normalized spacial score (nSPS) is 12.2. The summed E-state index contributed by atoms with van der Waals surface area (Å²) in [6.45, 7) is 9.51. The van der Waals surface area contributed by atoms with Crippen LogP contribution in [0.5, 0.6) is 11.6 Å². The van der Waals surface area contributed by atoms with Crippen molar-refractivity contribution in [3.05, 3.63) is 18.3 Å². The molecule has 5 nitrogen and oxygen atoms in total. The number of ketones is 1. The Balaban J connectivity index is 2.42. The Morgan fingerprint density at radius 3 is 2.65 bits per heavy atom. The molecule has 0 unspecified atom stereocenters. The topological polar surface area (TPSA) is 60.5 Å². The molecule has 0 bridgehead atoms. The van der Waals surface area contributed by atoms with Gasteiger partial charge in [-0.15, -0.1) is 0 Å². The van der Waals surface area contributed by atoms with Crippen LogP contribution in [0.2, 0.25) is 0 Å². The van der Waals surface area contributed by atoms with Gasteiger partial charge in [-0.2, -0.15) is 0 Å². The molecule has 0 aliphatic rings. The number of rotatable bonds is 9. The summed E-state index contributed by atoms with van der Waals surface area (Å²) >= 11 is 0. The highest BCUT2D eigenvalue weighted by Crippen LogP contribution is 2.15. The van der Waals surface area contributed by atoms with Gasteiger partial charge in [-0.3, -0.25) is 4.79 Å². The van der Waals surface area contributed by atoms with Crippen molar-refractivity contribution in [1.29, 1.82) is 0 Å². The van der Waals surface area contributed by atoms with Crippen LogP contribution in [0.25, 0.3) is 0 Å². The van der Waals surface area contributed by atoms with Crippen LogP contribution in [0.1, 0.15) is 27.7 Å². The van der Waals surface area contributed by atoms with E-state index in [2.05, 4.69) is 17.2 Å². The lowest BCUT2D eigenvalue weighted by molar-refractivity contribution is -0.123. The number of Topliss-reactive ketones (excluding diaryl/α,β-unsaturated/α-hetero) is 1. The maximum atomic E-state index is 11.5. The molecule has 1 aromatic heterocycles. The van der Waals surface area contributed by atoms with Crippen molar-refractivity contribution in [3.63, 3.8) is 0 Å². The van der Waals surface area contributed by atoms with Crippen LogP contribution in [0.3, 0.4) is 0 Å². The second-order valence-corrected chi connectivity index (χ2v) is 4.98. The third-order valence-corrected chi connectivity index (χ3v) is 2.74. The van der Waals surface area contributed by atoms with E-state index in [0.717, 1.165) is 13.1 Å². The molecule has 0 spiro atoms. The third kappa shape index (κ3) is 6.02. The molecule has 0 fully saturated rings. The van der Waals surface area contributed by atoms with Crippen LogP contribution in [-0.4, -0.2) is 36.6 Å². The maximum absolute atomic E-state index is 11.5. The van der Waals surface area contributed by atoms with Gasteiger partial charge in [0.05, 0.1) is 6.20 Å². The minimum Gasteiger partial charge on any atom is -0.484 e. The van der Waals surface area contributed by atoms with Gasteiger partial charge in [-0.05, 0) is 19.5 Å². The first-order valence-electron chi connectivity index (χ1n) is 7.01. The van der Waals surface area contributed by atoms with Crippen LogP contribution in [0, 0.1) is 5.92 Å². The molecule has 1 rings (SSSR count). The number of aromatic nitrogens is 1. The molecule has 0 radical (unpaired) electrons. The van der Waals surface area contributed by atoms with Gasteiger partial charge in [0.1, 0.15) is 18.5 Å². The van der Waals surface area contributed by atoms with Crippen molar-refractivity contribution in [3.8, 4) is 11.6 Å². The number of nitrogens with one attached hydrogen (secondary N) is 1. The number of pyridine rings is 1. The highest BCUT2D eigenvalue weighted by molar-refractivity contribution is 5.81. The van der Waals surface area contributed by atoms with E-state index in [-0.39, 0.29) is 24.4 Å². The highest BCUT2D eigenvalue weighted by Gasteiger charge is 2.08. The van der Waals surface area contributed by atoms with Crippen LogP contribution in [0.4, 0.5) is 0 Å². The van der Waals surface area contributed by atoms with Crippen LogP contribution in [0.15, 0.2) is 18.3 Å². The Hall–Kier alpha value is -1.62. The summed E-state index contributed by atoms with van der Waals surface area (Å²) < 4.78 is 11.0. The zero-order valence-corrected chi connectivity index (χ0v) is 12.7. The van der Waals surface area contributed by atoms with Gasteiger partial charge in [-0.25, -0.2) is 4.98 Å². The highest BCUT2D eigenvalue weighted by atomic mass is 16.5. The van der Waals surface area contributed by atoms with E-state index in [1.807, 2.05) is 20.8 Å². The molecule has 0 saturated carbocycles. The molecule has 5 heteroatoms. The molecule has 1 N–H and O–H groups in total. The van der Waals surface area contributed by atoms with Crippen molar-refractivity contribution in [2.75, 3.05) is 19.7 Å². The van der Waals surface area contributed by atoms with Crippen molar-refractivity contribution >= 4 is 5.78 Å². The largest absolute Gasteiger partial charge is 0.484 e. The van der Waals surface area contributed by atoms with Gasteiger partial charge in [0.2, 0.25) is 5.88 Å². The minimum absolute atomic E-state index is 0.0162. The predicted molar refractivity (Wildman–Crippen MR) is 78.2 cm³/mol. The maximum Gasteiger partial charge on any atom is 0.213 e. The van der Waals surface area contributed by atoms with E-state index in [4.69, 9.17) is 9.47 Å². The van der Waals surface area contributed by atoms with Crippen LogP contribution >= 0.6 is 0 Å². The van der Waals surface area contributed by atoms with Gasteiger partial charge < -0.3 is 14.8 Å². The zero-order valence-electron chi connectivity index (χ0n) is 12.7. The number of carbonyl (C=O) groups is 1. The summed E-state index contributed by atoms with van der Waals surface area (Å²) in [5.74, 6) is 1.19. The average molecular weight is 280 g/mol. The average Bonchev–Trinajstić information content (AvgIpc) is 2.43. The second-order valence-electron chi connectivity index (χ2n) is 4.98. The van der Waals surface area contributed by atoms with Crippen LogP contribution < -0.4 is 14.8 Å². The summed E-state index contributed by atoms with van der Waals surface area (Å²) in [6.07, 6.45) is 1.62. The van der Waals surface area contributed by atoms with E-state index in [9.17, 15) is 4.79 Å². The summed E-state index contributed by atoms with van der Waals surface area (Å²) in [5.41, 5.74) is 0. The first-order chi connectivity index (χ1) is 9.52. The summed E-state index contributed by atoms with van der Waals surface area (Å²) in [6, 6.07) is 3.51. The number of hydrogen-bond acceptors (Lipinski definition) is 5. The first-order valence-corrected chi connectivity index (χ1v) is 7.01. The number of hydrogen-bond donors (Lipinski definition) is 1. The second kappa shape index (κ2) is 8.53. The molecular weight excluding hydrogens is 256 g/mol. The molecule has 20 heavy (non-hydrogen) atoms. The molecule has 0 saturated heterocycles. The molecule has 1 atom stereocenters. The Morgan fingerprint density at radius 1 is 1.35 bits per heavy atom. The van der Waals surface area contributed by atoms with Crippen LogP contribution in [-0.2, 0) is 4.79 Å². The number of likely N-dealkylation sites (N-methyl/N-ethyl adjacent to an activating group) is 1. The van der Waals surface area contributed by atoms with E-state index in [1.54, 1.807) is 18.3 Å². The van der Waals surface area contributed by atoms with E-state index in [0.29, 0.717) is 11.6 Å². The van der Waals surface area contributed by atoms with E-state index >= 15 is 0 Å². The zero-order chi connectivity index (χ0) is 15.0. The van der Waals surface area contributed by atoms with Gasteiger partial charge >= 0.3 is 0 Å². The van der Waals surface area contributed by atoms with E-state index in [1.165, 1.54) is 0 Å². The van der Waals surface area contributed by atoms with Gasteiger partial charge in [0.15, 0.2) is 5.78 Å². The quantitative estimate of drug-likeness (QED) is 0.750. The lowest BCUT2D eigenvalue weighted by Gasteiger charge is -2.14. The Bertz CT molecular complexity index is 404. The summed E-state index contributed by atoms with van der Waals surface area (Å²) in [4.78, 5) is 15.6. The monoisotopic (exact) mass is 280 g/mol. The smallest absolute Gasteiger partial charge is 0.213 e. The fourth-order valence-corrected chi connectivity index (χ4v) is 1.44. The molecule has 0 aliphatic heterocycles. The lowest BCUT2D eigenvalue weighted by atomic mass is 10.1. The van der Waals surface area contributed by atoms with E-state index < -0.39 is 0 Å². The molecule has 112 valence electrons. The summed E-state index contributed by atoms with van der Waals surface area (Å²) in [7, 11) is 0. The number of carbonyl (C=O) groups excluding carboxylic acids is 1. The Kier molecular flexibility index (Phi) is 7.01. The predicted octanol–water partition coefficient (Wildman–Crippen LogP) is 2.06. The molecule has 1 heterocycles. The Labute approximate surface area is 120 Å². The van der Waals surface area contributed by atoms with Gasteiger partial charge in [-0.1, -0.05) is 20.8 Å². The van der Waals surface area contributed by atoms with Gasteiger partial charge in [0, 0.05) is 18.5 Å². The molecular formula is C15H24N2O3. The molecule has 0 amide bonds. The van der Waals surface area contributed by atoms with Crippen molar-refractivity contribution in [2.45, 2.75) is 33.8 Å². The van der Waals surface area contributed by atoms with Gasteiger partial charge in [0.25, 0.3) is 0 Å². The number of ether oxygens (including phenoxy) is 2.